The maximum absolute atomic E-state index is 11.9. The van der Waals surface area contributed by atoms with Crippen LogP contribution < -0.4 is 14.8 Å². The summed E-state index contributed by atoms with van der Waals surface area (Å²) >= 11 is 0. The number of carboxylic acids is 1. The second-order valence-corrected chi connectivity index (χ2v) is 4.76. The molecular formula is C17H17NO5. The lowest BCUT2D eigenvalue weighted by Crippen LogP contribution is -2.20. The summed E-state index contributed by atoms with van der Waals surface area (Å²) in [7, 11) is 1.53. The molecule has 0 atom stereocenters. The Morgan fingerprint density at radius 1 is 1.04 bits per heavy atom. The average molecular weight is 315 g/mol. The zero-order chi connectivity index (χ0) is 16.7. The summed E-state index contributed by atoms with van der Waals surface area (Å²) in [5.74, 6) is -0.172. The van der Waals surface area contributed by atoms with Gasteiger partial charge in [-0.15, -0.1) is 0 Å². The minimum absolute atomic E-state index is 0.0505. The second kappa shape index (κ2) is 7.84. The monoisotopic (exact) mass is 315 g/mol. The number of ether oxygens (including phenoxy) is 2. The number of carboxylic acid groups (broad SMARTS) is 1. The fourth-order valence-electron chi connectivity index (χ4n) is 1.96. The molecular weight excluding hydrogens is 298 g/mol. The van der Waals surface area contributed by atoms with Gasteiger partial charge in [-0.25, -0.2) is 0 Å². The van der Waals surface area contributed by atoms with E-state index in [1.165, 1.54) is 7.11 Å². The molecule has 0 saturated heterocycles. The van der Waals surface area contributed by atoms with Gasteiger partial charge in [0.1, 0.15) is 0 Å². The molecule has 0 unspecified atom stereocenters. The molecule has 2 rings (SSSR count). The predicted molar refractivity (Wildman–Crippen MR) is 84.9 cm³/mol. The molecule has 0 fully saturated rings. The van der Waals surface area contributed by atoms with Crippen molar-refractivity contribution in [2.75, 3.05) is 19.0 Å². The summed E-state index contributed by atoms with van der Waals surface area (Å²) in [5.41, 5.74) is 1.24. The molecule has 0 aliphatic carbocycles. The van der Waals surface area contributed by atoms with Gasteiger partial charge in [0.15, 0.2) is 18.1 Å². The SMILES string of the molecule is COc1ccccc1OCC(=O)Nc1ccc(CC(=O)O)cc1. The molecule has 23 heavy (non-hydrogen) atoms. The van der Waals surface area contributed by atoms with Gasteiger partial charge >= 0.3 is 5.97 Å². The first-order chi connectivity index (χ1) is 11.1. The lowest BCUT2D eigenvalue weighted by atomic mass is 10.1. The Morgan fingerprint density at radius 3 is 2.30 bits per heavy atom. The first kappa shape index (κ1) is 16.4. The van der Waals surface area contributed by atoms with Gasteiger partial charge < -0.3 is 19.9 Å². The number of carbonyl (C=O) groups is 2. The topological polar surface area (TPSA) is 84.9 Å². The number of carbonyl (C=O) groups excluding carboxylic acids is 1. The number of hydrogen-bond donors (Lipinski definition) is 2. The second-order valence-electron chi connectivity index (χ2n) is 4.76. The fraction of sp³-hybridized carbons (Fsp3) is 0.176. The van der Waals surface area contributed by atoms with Crippen LogP contribution in [-0.4, -0.2) is 30.7 Å². The number of aliphatic carboxylic acids is 1. The first-order valence-corrected chi connectivity index (χ1v) is 6.95. The van der Waals surface area contributed by atoms with E-state index in [1.807, 2.05) is 6.07 Å². The molecule has 0 aliphatic heterocycles. The number of anilines is 1. The van der Waals surface area contributed by atoms with Crippen molar-refractivity contribution >= 4 is 17.6 Å². The molecule has 1 amide bonds. The summed E-state index contributed by atoms with van der Waals surface area (Å²) in [6.07, 6.45) is -0.0505. The predicted octanol–water partition coefficient (Wildman–Crippen LogP) is 2.34. The third-order valence-corrected chi connectivity index (χ3v) is 3.02. The summed E-state index contributed by atoms with van der Waals surface area (Å²) in [6.45, 7) is -0.156. The zero-order valence-electron chi connectivity index (χ0n) is 12.6. The van der Waals surface area contributed by atoms with Gasteiger partial charge in [-0.3, -0.25) is 9.59 Å². The third-order valence-electron chi connectivity index (χ3n) is 3.02. The van der Waals surface area contributed by atoms with Crippen LogP contribution in [0.1, 0.15) is 5.56 Å². The van der Waals surface area contributed by atoms with Gasteiger partial charge in [-0.2, -0.15) is 0 Å². The normalized spacial score (nSPS) is 9.96. The van der Waals surface area contributed by atoms with Crippen LogP contribution in [0.5, 0.6) is 11.5 Å². The molecule has 0 spiro atoms. The highest BCUT2D eigenvalue weighted by molar-refractivity contribution is 5.91. The quantitative estimate of drug-likeness (QED) is 0.819. The molecule has 0 aromatic heterocycles. The Kier molecular flexibility index (Phi) is 5.57. The van der Waals surface area contributed by atoms with Crippen LogP contribution in [0.3, 0.4) is 0 Å². The van der Waals surface area contributed by atoms with E-state index >= 15 is 0 Å². The largest absolute Gasteiger partial charge is 0.493 e. The molecule has 0 aliphatic rings. The van der Waals surface area contributed by atoms with Crippen molar-refractivity contribution in [2.24, 2.45) is 0 Å². The number of nitrogens with one attached hydrogen (secondary N) is 1. The van der Waals surface area contributed by atoms with Crippen molar-refractivity contribution in [1.82, 2.24) is 0 Å². The van der Waals surface area contributed by atoms with Crippen LogP contribution >= 0.6 is 0 Å². The van der Waals surface area contributed by atoms with Crippen molar-refractivity contribution in [1.29, 1.82) is 0 Å². The molecule has 0 heterocycles. The van der Waals surface area contributed by atoms with E-state index in [0.717, 1.165) is 0 Å². The van der Waals surface area contributed by atoms with E-state index in [2.05, 4.69) is 5.32 Å². The van der Waals surface area contributed by atoms with Gasteiger partial charge in [0.2, 0.25) is 0 Å². The van der Waals surface area contributed by atoms with Crippen LogP contribution in [0.4, 0.5) is 5.69 Å². The molecule has 0 bridgehead atoms. The molecule has 0 radical (unpaired) electrons. The van der Waals surface area contributed by atoms with E-state index in [-0.39, 0.29) is 18.9 Å². The van der Waals surface area contributed by atoms with Gasteiger partial charge in [0.25, 0.3) is 5.91 Å². The van der Waals surface area contributed by atoms with E-state index in [4.69, 9.17) is 14.6 Å². The average Bonchev–Trinajstić information content (AvgIpc) is 2.54. The van der Waals surface area contributed by atoms with Gasteiger partial charge in [-0.05, 0) is 29.8 Å². The summed E-state index contributed by atoms with van der Waals surface area (Å²) < 4.78 is 10.6. The number of methoxy groups -OCH3 is 1. The molecule has 6 heteroatoms. The summed E-state index contributed by atoms with van der Waals surface area (Å²) in [5, 5.41) is 11.4. The van der Waals surface area contributed by atoms with Crippen LogP contribution in [0.25, 0.3) is 0 Å². The highest BCUT2D eigenvalue weighted by atomic mass is 16.5. The van der Waals surface area contributed by atoms with Crippen LogP contribution in [0.2, 0.25) is 0 Å². The Labute approximate surface area is 133 Å². The smallest absolute Gasteiger partial charge is 0.307 e. The third kappa shape index (κ3) is 5.03. The van der Waals surface area contributed by atoms with Crippen LogP contribution in [0.15, 0.2) is 48.5 Å². The Morgan fingerprint density at radius 2 is 1.70 bits per heavy atom. The van der Waals surface area contributed by atoms with E-state index < -0.39 is 5.97 Å². The number of rotatable bonds is 7. The molecule has 2 N–H and O–H groups in total. The number of para-hydroxylation sites is 2. The van der Waals surface area contributed by atoms with Gasteiger partial charge in [0, 0.05) is 5.69 Å². The number of hydrogen-bond acceptors (Lipinski definition) is 4. The van der Waals surface area contributed by atoms with E-state index in [1.54, 1.807) is 42.5 Å². The van der Waals surface area contributed by atoms with E-state index in [0.29, 0.717) is 22.7 Å². The van der Waals surface area contributed by atoms with Crippen molar-refractivity contribution in [3.63, 3.8) is 0 Å². The highest BCUT2D eigenvalue weighted by Gasteiger charge is 2.07. The molecule has 6 nitrogen and oxygen atoms in total. The molecule has 2 aromatic rings. The van der Waals surface area contributed by atoms with Gasteiger partial charge in [-0.1, -0.05) is 24.3 Å². The van der Waals surface area contributed by atoms with Crippen molar-refractivity contribution in [2.45, 2.75) is 6.42 Å². The Balaban J connectivity index is 1.88. The van der Waals surface area contributed by atoms with Crippen molar-refractivity contribution < 1.29 is 24.2 Å². The number of benzene rings is 2. The van der Waals surface area contributed by atoms with Crippen LogP contribution in [-0.2, 0) is 16.0 Å². The summed E-state index contributed by atoms with van der Waals surface area (Å²) in [4.78, 5) is 22.5. The van der Waals surface area contributed by atoms with Crippen molar-refractivity contribution in [3.05, 3.63) is 54.1 Å². The van der Waals surface area contributed by atoms with Crippen LogP contribution in [0, 0.1) is 0 Å². The lowest BCUT2D eigenvalue weighted by Gasteiger charge is -2.10. The zero-order valence-corrected chi connectivity index (χ0v) is 12.6. The minimum Gasteiger partial charge on any atom is -0.493 e. The fourth-order valence-corrected chi connectivity index (χ4v) is 1.96. The lowest BCUT2D eigenvalue weighted by molar-refractivity contribution is -0.136. The maximum atomic E-state index is 11.9. The van der Waals surface area contributed by atoms with Crippen molar-refractivity contribution in [3.8, 4) is 11.5 Å². The minimum atomic E-state index is -0.896. The van der Waals surface area contributed by atoms with E-state index in [9.17, 15) is 9.59 Å². The maximum Gasteiger partial charge on any atom is 0.307 e. The molecule has 0 saturated carbocycles. The number of amides is 1. The van der Waals surface area contributed by atoms with Gasteiger partial charge in [0.05, 0.1) is 13.5 Å². The highest BCUT2D eigenvalue weighted by Crippen LogP contribution is 2.25. The summed E-state index contributed by atoms with van der Waals surface area (Å²) in [6, 6.07) is 13.7. The Hall–Kier alpha value is -3.02. The Bertz CT molecular complexity index is 682. The molecule has 2 aromatic carbocycles. The molecule has 120 valence electrons. The first-order valence-electron chi connectivity index (χ1n) is 6.95. The standard InChI is InChI=1S/C17H17NO5/c1-22-14-4-2-3-5-15(14)23-11-16(19)18-13-8-6-12(7-9-13)10-17(20)21/h2-9H,10-11H2,1H3,(H,18,19)(H,20,21).